The summed E-state index contributed by atoms with van der Waals surface area (Å²) in [4.78, 5) is 17.6. The smallest absolute Gasteiger partial charge is 0.232 e. The van der Waals surface area contributed by atoms with Crippen molar-refractivity contribution in [3.05, 3.63) is 0 Å². The van der Waals surface area contributed by atoms with Crippen LogP contribution < -0.4 is 20.9 Å². The van der Waals surface area contributed by atoms with E-state index in [1.54, 1.807) is 0 Å². The van der Waals surface area contributed by atoms with Gasteiger partial charge in [-0.25, -0.2) is 0 Å². The molecule has 2 aliphatic heterocycles. The molecule has 3 rings (SSSR count). The fraction of sp³-hybridized carbons (Fsp3) is 0.750. The van der Waals surface area contributed by atoms with Crippen LogP contribution in [0.3, 0.4) is 0 Å². The molecule has 1 aromatic rings. The lowest BCUT2D eigenvalue weighted by molar-refractivity contribution is 0.561. The number of piperazine rings is 1. The second-order valence-corrected chi connectivity index (χ2v) is 5.08. The molecule has 0 bridgehead atoms. The van der Waals surface area contributed by atoms with Crippen LogP contribution in [0.15, 0.2) is 0 Å². The fourth-order valence-corrected chi connectivity index (χ4v) is 2.61. The maximum Gasteiger partial charge on any atom is 0.232 e. The molecule has 2 fully saturated rings. The number of anilines is 3. The molecule has 7 nitrogen and oxygen atoms in total. The van der Waals surface area contributed by atoms with Crippen molar-refractivity contribution in [2.24, 2.45) is 0 Å². The second kappa shape index (κ2) is 5.56. The van der Waals surface area contributed by atoms with E-state index in [1.807, 2.05) is 0 Å². The Bertz CT molecular complexity index is 388. The van der Waals surface area contributed by atoms with Crippen LogP contribution >= 0.6 is 0 Å². The first-order valence-corrected chi connectivity index (χ1v) is 7.05. The van der Waals surface area contributed by atoms with E-state index >= 15 is 0 Å². The number of nitrogens with zero attached hydrogens (tertiary/aromatic N) is 5. The highest BCUT2D eigenvalue weighted by atomic mass is 15.4. The summed E-state index contributed by atoms with van der Waals surface area (Å²) in [6, 6.07) is 0. The first kappa shape index (κ1) is 12.4. The summed E-state index contributed by atoms with van der Waals surface area (Å²) in [7, 11) is 0. The van der Waals surface area contributed by atoms with E-state index in [9.17, 15) is 0 Å². The largest absolute Gasteiger partial charge is 0.368 e. The van der Waals surface area contributed by atoms with Gasteiger partial charge in [0.25, 0.3) is 0 Å². The summed E-state index contributed by atoms with van der Waals surface area (Å²) in [5, 5.41) is 3.32. The molecule has 0 aromatic carbocycles. The molecule has 0 saturated carbocycles. The highest BCUT2D eigenvalue weighted by Gasteiger charge is 2.19. The second-order valence-electron chi connectivity index (χ2n) is 5.08. The van der Waals surface area contributed by atoms with Crippen molar-refractivity contribution >= 4 is 17.8 Å². The van der Waals surface area contributed by atoms with Crippen molar-refractivity contribution in [1.82, 2.24) is 20.3 Å². The standard InChI is InChI=1S/C12H21N7/c13-10-15-11(18-6-2-1-3-7-18)17-12(16-10)19-8-4-14-5-9-19/h14H,1-9H2,(H2,13,15,16,17). The number of nitrogens with two attached hydrogens (primary N) is 1. The van der Waals surface area contributed by atoms with E-state index in [-0.39, 0.29) is 0 Å². The number of aromatic nitrogens is 3. The Labute approximate surface area is 113 Å². The van der Waals surface area contributed by atoms with Gasteiger partial charge in [-0.1, -0.05) is 0 Å². The molecular formula is C12H21N7. The number of rotatable bonds is 2. The molecule has 7 heteroatoms. The average Bonchev–Trinajstić information content (AvgIpc) is 2.48. The van der Waals surface area contributed by atoms with E-state index < -0.39 is 0 Å². The van der Waals surface area contributed by atoms with Gasteiger partial charge < -0.3 is 20.9 Å². The van der Waals surface area contributed by atoms with E-state index in [0.29, 0.717) is 5.95 Å². The normalized spacial score (nSPS) is 20.6. The quantitative estimate of drug-likeness (QED) is 0.768. The summed E-state index contributed by atoms with van der Waals surface area (Å²) >= 11 is 0. The van der Waals surface area contributed by atoms with Crippen LogP contribution in [-0.4, -0.2) is 54.2 Å². The minimum Gasteiger partial charge on any atom is -0.368 e. The zero-order valence-electron chi connectivity index (χ0n) is 11.2. The first-order valence-electron chi connectivity index (χ1n) is 7.05. The lowest BCUT2D eigenvalue weighted by Crippen LogP contribution is -2.44. The Morgan fingerprint density at radius 1 is 0.789 bits per heavy atom. The molecule has 2 aliphatic rings. The van der Waals surface area contributed by atoms with Gasteiger partial charge in [0.05, 0.1) is 0 Å². The van der Waals surface area contributed by atoms with Crippen LogP contribution in [0.4, 0.5) is 17.8 Å². The van der Waals surface area contributed by atoms with Gasteiger partial charge in [0.1, 0.15) is 0 Å². The lowest BCUT2D eigenvalue weighted by atomic mass is 10.1. The summed E-state index contributed by atoms with van der Waals surface area (Å²) in [6.45, 7) is 5.80. The molecule has 1 aromatic heterocycles. The summed E-state index contributed by atoms with van der Waals surface area (Å²) < 4.78 is 0. The maximum absolute atomic E-state index is 5.84. The zero-order valence-corrected chi connectivity index (χ0v) is 11.2. The minimum absolute atomic E-state index is 0.323. The molecule has 3 N–H and O–H groups in total. The molecule has 0 atom stereocenters. The molecule has 0 radical (unpaired) electrons. The molecule has 3 heterocycles. The van der Waals surface area contributed by atoms with Gasteiger partial charge in [0, 0.05) is 39.3 Å². The molecule has 104 valence electrons. The van der Waals surface area contributed by atoms with Crippen molar-refractivity contribution in [2.45, 2.75) is 19.3 Å². The van der Waals surface area contributed by atoms with Crippen molar-refractivity contribution in [1.29, 1.82) is 0 Å². The van der Waals surface area contributed by atoms with Crippen molar-refractivity contribution < 1.29 is 0 Å². The fourth-order valence-electron chi connectivity index (χ4n) is 2.61. The molecule has 19 heavy (non-hydrogen) atoms. The van der Waals surface area contributed by atoms with Crippen molar-refractivity contribution in [2.75, 3.05) is 54.8 Å². The highest BCUT2D eigenvalue weighted by Crippen LogP contribution is 2.19. The molecule has 0 amide bonds. The van der Waals surface area contributed by atoms with Gasteiger partial charge in [-0.05, 0) is 19.3 Å². The molecule has 0 unspecified atom stereocenters. The Balaban J connectivity index is 1.82. The Morgan fingerprint density at radius 2 is 1.37 bits per heavy atom. The molecule has 0 aliphatic carbocycles. The number of nitrogens with one attached hydrogen (secondary N) is 1. The topological polar surface area (TPSA) is 83.2 Å². The van der Waals surface area contributed by atoms with Crippen molar-refractivity contribution in [3.63, 3.8) is 0 Å². The number of hydrogen-bond donors (Lipinski definition) is 2. The Morgan fingerprint density at radius 3 is 2.00 bits per heavy atom. The SMILES string of the molecule is Nc1nc(N2CCCCC2)nc(N2CCNCC2)n1. The maximum atomic E-state index is 5.84. The molecule has 0 spiro atoms. The predicted molar refractivity (Wildman–Crippen MR) is 75.4 cm³/mol. The third kappa shape index (κ3) is 2.86. The van der Waals surface area contributed by atoms with Crippen LogP contribution in [0.2, 0.25) is 0 Å². The third-order valence-corrected chi connectivity index (χ3v) is 3.67. The van der Waals surface area contributed by atoms with Crippen LogP contribution in [0.5, 0.6) is 0 Å². The van der Waals surface area contributed by atoms with Crippen LogP contribution in [0, 0.1) is 0 Å². The minimum atomic E-state index is 0.323. The lowest BCUT2D eigenvalue weighted by Gasteiger charge is -2.30. The van der Waals surface area contributed by atoms with Gasteiger partial charge in [0.15, 0.2) is 0 Å². The molecular weight excluding hydrogens is 242 g/mol. The van der Waals surface area contributed by atoms with E-state index in [1.165, 1.54) is 19.3 Å². The number of nitrogen functional groups attached to an aromatic ring is 1. The van der Waals surface area contributed by atoms with E-state index in [0.717, 1.165) is 51.2 Å². The summed E-state index contributed by atoms with van der Waals surface area (Å²) in [6.07, 6.45) is 3.70. The van der Waals surface area contributed by atoms with Crippen LogP contribution in [0.25, 0.3) is 0 Å². The van der Waals surface area contributed by atoms with Gasteiger partial charge in [-0.2, -0.15) is 15.0 Å². The van der Waals surface area contributed by atoms with E-state index in [2.05, 4.69) is 30.1 Å². The average molecular weight is 263 g/mol. The third-order valence-electron chi connectivity index (χ3n) is 3.67. The van der Waals surface area contributed by atoms with Crippen LogP contribution in [-0.2, 0) is 0 Å². The predicted octanol–water partition coefficient (Wildman–Crippen LogP) is -0.146. The Kier molecular flexibility index (Phi) is 3.63. The Hall–Kier alpha value is -1.63. The summed E-state index contributed by atoms with van der Waals surface area (Å²) in [5.74, 6) is 1.78. The van der Waals surface area contributed by atoms with Gasteiger partial charge in [-0.3, -0.25) is 0 Å². The van der Waals surface area contributed by atoms with Crippen molar-refractivity contribution in [3.8, 4) is 0 Å². The number of piperidine rings is 1. The van der Waals surface area contributed by atoms with Gasteiger partial charge in [0.2, 0.25) is 17.8 Å². The van der Waals surface area contributed by atoms with Crippen LogP contribution in [0.1, 0.15) is 19.3 Å². The van der Waals surface area contributed by atoms with E-state index in [4.69, 9.17) is 5.73 Å². The first-order chi connectivity index (χ1) is 9.33. The van der Waals surface area contributed by atoms with Gasteiger partial charge in [-0.15, -0.1) is 0 Å². The monoisotopic (exact) mass is 263 g/mol. The molecule has 2 saturated heterocycles. The summed E-state index contributed by atoms with van der Waals surface area (Å²) in [5.41, 5.74) is 5.84. The highest BCUT2D eigenvalue weighted by molar-refractivity contribution is 5.44. The number of hydrogen-bond acceptors (Lipinski definition) is 7. The zero-order chi connectivity index (χ0) is 13.1. The van der Waals surface area contributed by atoms with Gasteiger partial charge >= 0.3 is 0 Å².